The number of anilines is 2. The molecule has 1 fully saturated rings. The maximum atomic E-state index is 13.3. The number of carbonyl (C=O) groups excluding carboxylic acids is 2. The van der Waals surface area contributed by atoms with Gasteiger partial charge in [0, 0.05) is 24.7 Å². The number of aryl methyl sites for hydroxylation is 5. The van der Waals surface area contributed by atoms with Gasteiger partial charge >= 0.3 is 0 Å². The van der Waals surface area contributed by atoms with Gasteiger partial charge in [-0.3, -0.25) is 19.4 Å². The number of aromatic nitrogens is 6. The molecule has 1 unspecified atom stereocenters. The molecule has 41 heavy (non-hydrogen) atoms. The van der Waals surface area contributed by atoms with Crippen molar-refractivity contribution in [3.63, 3.8) is 0 Å². The molecule has 0 spiro atoms. The van der Waals surface area contributed by atoms with Crippen molar-refractivity contribution in [2.24, 2.45) is 5.92 Å². The number of hydrogen-bond acceptors (Lipinski definition) is 6. The molecule has 1 saturated heterocycles. The predicted molar refractivity (Wildman–Crippen MR) is 156 cm³/mol. The second-order valence-electron chi connectivity index (χ2n) is 10.7. The average molecular weight is 551 g/mol. The van der Waals surface area contributed by atoms with Gasteiger partial charge < -0.3 is 10.2 Å². The molecule has 1 atom stereocenters. The van der Waals surface area contributed by atoms with E-state index in [9.17, 15) is 14.4 Å². The molecule has 5 aromatic rings. The number of nitrogens with zero attached hydrogens (tertiary/aromatic N) is 6. The average Bonchev–Trinajstić information content (AvgIpc) is 3.64. The van der Waals surface area contributed by atoms with Crippen LogP contribution in [0, 0.1) is 40.5 Å². The second kappa shape index (κ2) is 9.84. The molecule has 1 aliphatic rings. The van der Waals surface area contributed by atoms with Crippen LogP contribution in [0.25, 0.3) is 22.7 Å². The summed E-state index contributed by atoms with van der Waals surface area (Å²) in [7, 11) is 0. The minimum Gasteiger partial charge on any atom is -0.312 e. The number of fused-ring (bicyclic) bond motifs is 1. The van der Waals surface area contributed by atoms with Crippen LogP contribution in [0.15, 0.2) is 53.5 Å². The molecule has 4 heterocycles. The van der Waals surface area contributed by atoms with Gasteiger partial charge in [0.05, 0.1) is 23.5 Å². The van der Waals surface area contributed by atoms with Crippen molar-refractivity contribution in [1.82, 2.24) is 29.5 Å². The smallest absolute Gasteiger partial charge is 0.263 e. The lowest BCUT2D eigenvalue weighted by atomic mass is 10.1. The fourth-order valence-electron chi connectivity index (χ4n) is 5.06. The summed E-state index contributed by atoms with van der Waals surface area (Å²) < 4.78 is 3.00. The third kappa shape index (κ3) is 4.69. The van der Waals surface area contributed by atoms with Gasteiger partial charge in [0.25, 0.3) is 5.56 Å². The van der Waals surface area contributed by atoms with E-state index in [1.807, 2.05) is 64.1 Å². The molecular weight excluding hydrogens is 520 g/mol. The summed E-state index contributed by atoms with van der Waals surface area (Å²) in [5.74, 6) is -0.489. The topological polar surface area (TPSA) is 131 Å². The van der Waals surface area contributed by atoms with Crippen molar-refractivity contribution in [3.05, 3.63) is 87.0 Å². The Labute approximate surface area is 235 Å². The Hall–Kier alpha value is -5.06. The first-order chi connectivity index (χ1) is 19.6. The van der Waals surface area contributed by atoms with E-state index in [1.165, 1.54) is 10.9 Å². The molecule has 1 aliphatic heterocycles. The molecule has 2 amide bonds. The second-order valence-corrected chi connectivity index (χ2v) is 10.7. The number of amides is 2. The van der Waals surface area contributed by atoms with Crippen LogP contribution in [-0.4, -0.2) is 47.9 Å². The Morgan fingerprint density at radius 3 is 2.29 bits per heavy atom. The van der Waals surface area contributed by atoms with Gasteiger partial charge in [-0.05, 0) is 81.1 Å². The monoisotopic (exact) mass is 550 g/mol. The molecule has 0 bridgehead atoms. The molecule has 11 heteroatoms. The molecule has 2 aromatic carbocycles. The standard InChI is InChI=1S/C30H30N8O3/c1-16-6-8-22(10-18(16)3)36-15-21(13-26(36)39)28(40)32-25-12-20(5)35-38(25)30-33-27-24(29(41)34-30)14-31-37(27)23-9-7-17(2)19(4)11-23/h6-12,14,21H,13,15H2,1-5H3,(H,32,40)(H,33,34,41). The minimum absolute atomic E-state index is 0.0993. The molecule has 0 aliphatic carbocycles. The third-order valence-electron chi connectivity index (χ3n) is 7.74. The van der Waals surface area contributed by atoms with E-state index in [2.05, 4.69) is 25.5 Å². The van der Waals surface area contributed by atoms with Crippen LogP contribution in [0.2, 0.25) is 0 Å². The van der Waals surface area contributed by atoms with Gasteiger partial charge in [-0.15, -0.1) is 0 Å². The van der Waals surface area contributed by atoms with Crippen LogP contribution in [0.3, 0.4) is 0 Å². The SMILES string of the molecule is Cc1cc(NC(=O)C2CC(=O)N(c3ccc(C)c(C)c3)C2)n(-c2nc3c(cnn3-c3ccc(C)c(C)c3)c(=O)[nH]2)n1. The molecular formula is C30H30N8O3. The summed E-state index contributed by atoms with van der Waals surface area (Å²) >= 11 is 0. The van der Waals surface area contributed by atoms with Crippen LogP contribution in [0.4, 0.5) is 11.5 Å². The van der Waals surface area contributed by atoms with Gasteiger partial charge in [-0.25, -0.2) is 4.68 Å². The molecule has 208 valence electrons. The lowest BCUT2D eigenvalue weighted by Crippen LogP contribution is -2.29. The molecule has 3 aromatic heterocycles. The Kier molecular flexibility index (Phi) is 6.29. The van der Waals surface area contributed by atoms with Crippen LogP contribution >= 0.6 is 0 Å². The summed E-state index contributed by atoms with van der Waals surface area (Å²) in [5, 5.41) is 12.1. The Morgan fingerprint density at radius 1 is 0.902 bits per heavy atom. The fraction of sp³-hybridized carbons (Fsp3) is 0.267. The van der Waals surface area contributed by atoms with Gasteiger partial charge in [-0.1, -0.05) is 12.1 Å². The van der Waals surface area contributed by atoms with Crippen molar-refractivity contribution in [1.29, 1.82) is 0 Å². The first-order valence-corrected chi connectivity index (χ1v) is 13.4. The Balaban J connectivity index is 1.30. The molecule has 6 rings (SSSR count). The zero-order chi connectivity index (χ0) is 29.0. The maximum Gasteiger partial charge on any atom is 0.263 e. The van der Waals surface area contributed by atoms with Gasteiger partial charge in [-0.2, -0.15) is 19.9 Å². The number of aromatic amines is 1. The summed E-state index contributed by atoms with van der Waals surface area (Å²) in [5.41, 5.74) is 6.61. The van der Waals surface area contributed by atoms with Crippen molar-refractivity contribution >= 4 is 34.4 Å². The zero-order valence-corrected chi connectivity index (χ0v) is 23.5. The van der Waals surface area contributed by atoms with E-state index in [-0.39, 0.29) is 36.3 Å². The Morgan fingerprint density at radius 2 is 1.59 bits per heavy atom. The van der Waals surface area contributed by atoms with Crippen LogP contribution in [0.5, 0.6) is 0 Å². The third-order valence-corrected chi connectivity index (χ3v) is 7.74. The first kappa shape index (κ1) is 26.2. The highest BCUT2D eigenvalue weighted by Gasteiger charge is 2.35. The highest BCUT2D eigenvalue weighted by Crippen LogP contribution is 2.28. The molecule has 2 N–H and O–H groups in total. The quantitative estimate of drug-likeness (QED) is 0.342. The molecule has 0 radical (unpaired) electrons. The van der Waals surface area contributed by atoms with Crippen molar-refractivity contribution in [2.75, 3.05) is 16.8 Å². The van der Waals surface area contributed by atoms with Gasteiger partial charge in [0.15, 0.2) is 5.65 Å². The largest absolute Gasteiger partial charge is 0.312 e. The maximum absolute atomic E-state index is 13.3. The van der Waals surface area contributed by atoms with E-state index >= 15 is 0 Å². The molecule has 11 nitrogen and oxygen atoms in total. The van der Waals surface area contributed by atoms with E-state index in [0.29, 0.717) is 22.5 Å². The minimum atomic E-state index is -0.548. The number of benzene rings is 2. The number of H-pyrrole nitrogens is 1. The van der Waals surface area contributed by atoms with Crippen LogP contribution < -0.4 is 15.8 Å². The highest BCUT2D eigenvalue weighted by atomic mass is 16.2. The van der Waals surface area contributed by atoms with E-state index in [1.54, 1.807) is 22.6 Å². The van der Waals surface area contributed by atoms with Gasteiger partial charge in [0.1, 0.15) is 11.2 Å². The molecule has 0 saturated carbocycles. The summed E-state index contributed by atoms with van der Waals surface area (Å²) in [6.45, 7) is 10.1. The van der Waals surface area contributed by atoms with Crippen molar-refractivity contribution in [2.45, 2.75) is 41.0 Å². The van der Waals surface area contributed by atoms with Crippen molar-refractivity contribution < 1.29 is 9.59 Å². The van der Waals surface area contributed by atoms with E-state index in [0.717, 1.165) is 33.6 Å². The van der Waals surface area contributed by atoms with Crippen LogP contribution in [0.1, 0.15) is 34.4 Å². The number of nitrogens with one attached hydrogen (secondary N) is 2. The van der Waals surface area contributed by atoms with E-state index in [4.69, 9.17) is 0 Å². The summed E-state index contributed by atoms with van der Waals surface area (Å²) in [6, 6.07) is 13.4. The summed E-state index contributed by atoms with van der Waals surface area (Å²) in [6.07, 6.45) is 1.58. The number of rotatable bonds is 5. The lowest BCUT2D eigenvalue weighted by Gasteiger charge is -2.18. The predicted octanol–water partition coefficient (Wildman–Crippen LogP) is 3.83. The number of hydrogen-bond donors (Lipinski definition) is 2. The Bertz CT molecular complexity index is 1910. The van der Waals surface area contributed by atoms with Gasteiger partial charge in [0.2, 0.25) is 17.8 Å². The first-order valence-electron chi connectivity index (χ1n) is 13.4. The fourth-order valence-corrected chi connectivity index (χ4v) is 5.06. The highest BCUT2D eigenvalue weighted by molar-refractivity contribution is 6.03. The number of carbonyl (C=O) groups is 2. The zero-order valence-electron chi connectivity index (χ0n) is 23.5. The van der Waals surface area contributed by atoms with Crippen molar-refractivity contribution in [3.8, 4) is 11.6 Å². The van der Waals surface area contributed by atoms with E-state index < -0.39 is 5.92 Å². The summed E-state index contributed by atoms with van der Waals surface area (Å²) in [4.78, 5) is 48.3. The lowest BCUT2D eigenvalue weighted by molar-refractivity contribution is -0.122. The van der Waals surface area contributed by atoms with Crippen LogP contribution in [-0.2, 0) is 9.59 Å². The normalized spacial score (nSPS) is 15.2.